The van der Waals surface area contributed by atoms with Crippen molar-refractivity contribution in [2.24, 2.45) is 0 Å². The number of aromatic nitrogens is 3. The van der Waals surface area contributed by atoms with Gasteiger partial charge in [0.25, 0.3) is 5.56 Å². The van der Waals surface area contributed by atoms with Crippen molar-refractivity contribution < 1.29 is 0 Å². The molecule has 1 fully saturated rings. The van der Waals surface area contributed by atoms with Crippen LogP contribution in [0.5, 0.6) is 0 Å². The maximum atomic E-state index is 12.8. The van der Waals surface area contributed by atoms with Crippen LogP contribution in [-0.4, -0.2) is 14.5 Å². The molecule has 1 aliphatic carbocycles. The van der Waals surface area contributed by atoms with Crippen molar-refractivity contribution in [1.82, 2.24) is 14.5 Å². The molecule has 3 aromatic rings. The largest absolute Gasteiger partial charge is 0.289 e. The maximum Gasteiger partial charge on any atom is 0.260 e. The summed E-state index contributed by atoms with van der Waals surface area (Å²) < 4.78 is 1.84. The molecule has 0 radical (unpaired) electrons. The summed E-state index contributed by atoms with van der Waals surface area (Å²) in [6, 6.07) is 9.89. The molecular formula is C16H13N3O. The summed E-state index contributed by atoms with van der Waals surface area (Å²) in [7, 11) is 0. The zero-order chi connectivity index (χ0) is 13.5. The zero-order valence-electron chi connectivity index (χ0n) is 10.9. The second-order valence-electron chi connectivity index (χ2n) is 5.12. The van der Waals surface area contributed by atoms with E-state index in [1.165, 1.54) is 0 Å². The van der Waals surface area contributed by atoms with Crippen molar-refractivity contribution in [2.45, 2.75) is 18.9 Å². The molecule has 1 aliphatic rings. The summed E-state index contributed by atoms with van der Waals surface area (Å²) in [5.41, 5.74) is 2.38. The quantitative estimate of drug-likeness (QED) is 0.714. The van der Waals surface area contributed by atoms with Crippen LogP contribution in [0.15, 0.2) is 53.7 Å². The Kier molecular flexibility index (Phi) is 2.42. The molecule has 20 heavy (non-hydrogen) atoms. The molecule has 0 aromatic carbocycles. The third-order valence-electron chi connectivity index (χ3n) is 3.68. The van der Waals surface area contributed by atoms with Gasteiger partial charge in [0.05, 0.1) is 0 Å². The second kappa shape index (κ2) is 4.27. The summed E-state index contributed by atoms with van der Waals surface area (Å²) in [5.74, 6) is 0. The predicted molar refractivity (Wildman–Crippen MR) is 77.5 cm³/mol. The van der Waals surface area contributed by atoms with Crippen molar-refractivity contribution in [2.75, 3.05) is 0 Å². The van der Waals surface area contributed by atoms with Gasteiger partial charge in [0.2, 0.25) is 0 Å². The summed E-state index contributed by atoms with van der Waals surface area (Å²) in [4.78, 5) is 21.3. The van der Waals surface area contributed by atoms with E-state index >= 15 is 0 Å². The molecule has 0 spiro atoms. The van der Waals surface area contributed by atoms with Crippen molar-refractivity contribution in [3.63, 3.8) is 0 Å². The molecule has 0 aliphatic heterocycles. The Morgan fingerprint density at radius 2 is 2.00 bits per heavy atom. The summed E-state index contributed by atoms with van der Waals surface area (Å²) in [6.45, 7) is 0. The molecule has 98 valence electrons. The molecular weight excluding hydrogens is 250 g/mol. The fraction of sp³-hybridized carbons (Fsp3) is 0.188. The van der Waals surface area contributed by atoms with Gasteiger partial charge in [-0.15, -0.1) is 0 Å². The SMILES string of the molecule is O=c1c(-c2cccnc2)cc2cccnc2n1C1CC1. The van der Waals surface area contributed by atoms with Gasteiger partial charge in [0.15, 0.2) is 0 Å². The number of hydrogen-bond donors (Lipinski definition) is 0. The van der Waals surface area contributed by atoms with Crippen molar-refractivity contribution in [3.05, 3.63) is 59.3 Å². The predicted octanol–water partition coefficient (Wildman–Crippen LogP) is 2.79. The molecule has 0 bridgehead atoms. The normalized spacial score (nSPS) is 14.6. The first kappa shape index (κ1) is 11.3. The van der Waals surface area contributed by atoms with Gasteiger partial charge in [0.1, 0.15) is 5.65 Å². The Morgan fingerprint density at radius 1 is 1.15 bits per heavy atom. The van der Waals surface area contributed by atoms with Crippen LogP contribution in [0.4, 0.5) is 0 Å². The highest BCUT2D eigenvalue weighted by Gasteiger charge is 2.27. The third-order valence-corrected chi connectivity index (χ3v) is 3.68. The number of pyridine rings is 3. The third kappa shape index (κ3) is 1.72. The first-order valence-corrected chi connectivity index (χ1v) is 6.75. The lowest BCUT2D eigenvalue weighted by Crippen LogP contribution is -2.21. The van der Waals surface area contributed by atoms with E-state index in [2.05, 4.69) is 9.97 Å². The molecule has 1 saturated carbocycles. The van der Waals surface area contributed by atoms with E-state index < -0.39 is 0 Å². The van der Waals surface area contributed by atoms with E-state index in [9.17, 15) is 4.79 Å². The van der Waals surface area contributed by atoms with Gasteiger partial charge in [-0.25, -0.2) is 4.98 Å². The van der Waals surface area contributed by atoms with Crippen molar-refractivity contribution in [3.8, 4) is 11.1 Å². The van der Waals surface area contributed by atoms with Gasteiger partial charge >= 0.3 is 0 Å². The van der Waals surface area contributed by atoms with E-state index in [4.69, 9.17) is 0 Å². The van der Waals surface area contributed by atoms with E-state index in [0.29, 0.717) is 11.6 Å². The van der Waals surface area contributed by atoms with Gasteiger partial charge in [-0.05, 0) is 37.1 Å². The number of fused-ring (bicyclic) bond motifs is 1. The van der Waals surface area contributed by atoms with Crippen LogP contribution in [0.1, 0.15) is 18.9 Å². The van der Waals surface area contributed by atoms with Crippen LogP contribution >= 0.6 is 0 Å². The fourth-order valence-corrected chi connectivity index (χ4v) is 2.57. The van der Waals surface area contributed by atoms with Gasteiger partial charge < -0.3 is 0 Å². The first-order valence-electron chi connectivity index (χ1n) is 6.75. The molecule has 0 amide bonds. The van der Waals surface area contributed by atoms with Gasteiger partial charge in [-0.3, -0.25) is 14.3 Å². The molecule has 4 heteroatoms. The standard InChI is InChI=1S/C16H13N3O/c20-16-14(12-4-1-7-17-10-12)9-11-3-2-8-18-15(11)19(16)13-5-6-13/h1-4,7-10,13H,5-6H2. The molecule has 0 saturated heterocycles. The average molecular weight is 263 g/mol. The highest BCUT2D eigenvalue weighted by atomic mass is 16.1. The summed E-state index contributed by atoms with van der Waals surface area (Å²) >= 11 is 0. The minimum atomic E-state index is 0.0340. The molecule has 4 nitrogen and oxygen atoms in total. The lowest BCUT2D eigenvalue weighted by molar-refractivity contribution is 0.731. The Morgan fingerprint density at radius 3 is 2.75 bits per heavy atom. The summed E-state index contributed by atoms with van der Waals surface area (Å²) in [5, 5.41) is 0.998. The highest BCUT2D eigenvalue weighted by Crippen LogP contribution is 2.36. The lowest BCUT2D eigenvalue weighted by Gasteiger charge is -2.11. The van der Waals surface area contributed by atoms with Gasteiger partial charge in [0, 0.05) is 41.1 Å². The number of rotatable bonds is 2. The number of hydrogen-bond acceptors (Lipinski definition) is 3. The molecule has 0 unspecified atom stereocenters. The van der Waals surface area contributed by atoms with E-state index in [1.54, 1.807) is 18.6 Å². The average Bonchev–Trinajstić information content (AvgIpc) is 3.32. The van der Waals surface area contributed by atoms with Gasteiger partial charge in [-0.2, -0.15) is 0 Å². The molecule has 0 N–H and O–H groups in total. The minimum absolute atomic E-state index is 0.0340. The molecule has 0 atom stereocenters. The second-order valence-corrected chi connectivity index (χ2v) is 5.12. The Bertz CT molecular complexity index is 835. The van der Waals surface area contributed by atoms with Crippen LogP contribution in [0.25, 0.3) is 22.2 Å². The van der Waals surface area contributed by atoms with E-state index in [-0.39, 0.29) is 5.56 Å². The highest BCUT2D eigenvalue weighted by molar-refractivity contribution is 5.81. The molecule has 3 heterocycles. The van der Waals surface area contributed by atoms with Crippen LogP contribution in [0.2, 0.25) is 0 Å². The van der Waals surface area contributed by atoms with Gasteiger partial charge in [-0.1, -0.05) is 6.07 Å². The van der Waals surface area contributed by atoms with E-state index in [0.717, 1.165) is 29.4 Å². The van der Waals surface area contributed by atoms with E-state index in [1.807, 2.05) is 34.9 Å². The molecule has 4 rings (SSSR count). The Labute approximate surface area is 115 Å². The minimum Gasteiger partial charge on any atom is -0.289 e. The Hall–Kier alpha value is -2.49. The van der Waals surface area contributed by atoms with Crippen molar-refractivity contribution in [1.29, 1.82) is 0 Å². The zero-order valence-corrected chi connectivity index (χ0v) is 10.9. The van der Waals surface area contributed by atoms with Crippen molar-refractivity contribution >= 4 is 11.0 Å². The first-order chi connectivity index (χ1) is 9.84. The Balaban J connectivity index is 2.08. The number of nitrogens with zero attached hydrogens (tertiary/aromatic N) is 3. The van der Waals surface area contributed by atoms with Crippen LogP contribution in [-0.2, 0) is 0 Å². The smallest absolute Gasteiger partial charge is 0.260 e. The van der Waals surface area contributed by atoms with Crippen LogP contribution < -0.4 is 5.56 Å². The lowest BCUT2D eigenvalue weighted by atomic mass is 10.1. The fourth-order valence-electron chi connectivity index (χ4n) is 2.57. The monoisotopic (exact) mass is 263 g/mol. The maximum absolute atomic E-state index is 12.8. The molecule has 3 aromatic heterocycles. The van der Waals surface area contributed by atoms with Crippen LogP contribution in [0.3, 0.4) is 0 Å². The topological polar surface area (TPSA) is 47.8 Å². The summed E-state index contributed by atoms with van der Waals surface area (Å²) in [6.07, 6.45) is 7.30. The van der Waals surface area contributed by atoms with Crippen LogP contribution in [0, 0.1) is 0 Å².